The maximum absolute atomic E-state index is 6.06. The Bertz CT molecular complexity index is 103. The van der Waals surface area contributed by atoms with Gasteiger partial charge in [0.05, 0.1) is 4.45 Å². The minimum absolute atomic E-state index is 0.224. The molecule has 0 heterocycles. The standard InChI is InChI=1S/C9H20BrN/c1-5-9(6-2,7-3)8(4,10)11/h5-7,11H2,1-4H3. The molecule has 11 heavy (non-hydrogen) atoms. The van der Waals surface area contributed by atoms with Gasteiger partial charge in [-0.15, -0.1) is 0 Å². The zero-order valence-electron chi connectivity index (χ0n) is 8.08. The Morgan fingerprint density at radius 2 is 1.36 bits per heavy atom. The van der Waals surface area contributed by atoms with Crippen molar-refractivity contribution in [3.8, 4) is 0 Å². The number of nitrogens with two attached hydrogens (primary N) is 1. The summed E-state index contributed by atoms with van der Waals surface area (Å²) in [4.78, 5) is 0. The van der Waals surface area contributed by atoms with Crippen LogP contribution in [0.1, 0.15) is 47.0 Å². The van der Waals surface area contributed by atoms with Gasteiger partial charge >= 0.3 is 0 Å². The fourth-order valence-corrected chi connectivity index (χ4v) is 2.63. The highest BCUT2D eigenvalue weighted by Crippen LogP contribution is 2.43. The molecule has 0 aromatic rings. The zero-order chi connectivity index (χ0) is 9.12. The number of halogens is 1. The van der Waals surface area contributed by atoms with Crippen molar-refractivity contribution in [2.75, 3.05) is 0 Å². The first-order chi connectivity index (χ1) is 4.93. The fourth-order valence-electron chi connectivity index (χ4n) is 1.79. The van der Waals surface area contributed by atoms with Crippen molar-refractivity contribution in [2.45, 2.75) is 51.4 Å². The van der Waals surface area contributed by atoms with Gasteiger partial charge in [0.1, 0.15) is 0 Å². The number of alkyl halides is 1. The van der Waals surface area contributed by atoms with Crippen LogP contribution in [-0.4, -0.2) is 4.45 Å². The van der Waals surface area contributed by atoms with Gasteiger partial charge in [0, 0.05) is 0 Å². The highest BCUT2D eigenvalue weighted by Gasteiger charge is 2.39. The van der Waals surface area contributed by atoms with E-state index in [0.717, 1.165) is 19.3 Å². The third-order valence-electron chi connectivity index (χ3n) is 3.07. The molecule has 0 aliphatic carbocycles. The summed E-state index contributed by atoms with van der Waals surface area (Å²) in [5, 5.41) is 0. The zero-order valence-corrected chi connectivity index (χ0v) is 9.66. The second kappa shape index (κ2) is 3.90. The highest BCUT2D eigenvalue weighted by molar-refractivity contribution is 9.10. The normalized spacial score (nSPS) is 18.0. The second-order valence-electron chi connectivity index (χ2n) is 3.42. The molecular formula is C9H20BrN. The van der Waals surface area contributed by atoms with Crippen molar-refractivity contribution < 1.29 is 0 Å². The Kier molecular flexibility index (Phi) is 4.06. The quantitative estimate of drug-likeness (QED) is 0.573. The molecule has 2 N–H and O–H groups in total. The average molecular weight is 222 g/mol. The minimum atomic E-state index is -0.224. The summed E-state index contributed by atoms with van der Waals surface area (Å²) in [6, 6.07) is 0. The number of hydrogen-bond acceptors (Lipinski definition) is 1. The third-order valence-corrected chi connectivity index (χ3v) is 3.91. The van der Waals surface area contributed by atoms with Gasteiger partial charge in [0.15, 0.2) is 0 Å². The first-order valence-corrected chi connectivity index (χ1v) is 5.20. The summed E-state index contributed by atoms with van der Waals surface area (Å²) >= 11 is 3.56. The molecule has 0 saturated carbocycles. The fraction of sp³-hybridized carbons (Fsp3) is 1.00. The summed E-state index contributed by atoms with van der Waals surface area (Å²) in [7, 11) is 0. The van der Waals surface area contributed by atoms with Crippen LogP contribution in [0.3, 0.4) is 0 Å². The van der Waals surface area contributed by atoms with Crippen molar-refractivity contribution >= 4 is 15.9 Å². The van der Waals surface area contributed by atoms with Crippen molar-refractivity contribution in [1.82, 2.24) is 0 Å². The lowest BCUT2D eigenvalue weighted by Gasteiger charge is -2.41. The summed E-state index contributed by atoms with van der Waals surface area (Å²) in [6.07, 6.45) is 3.41. The van der Waals surface area contributed by atoms with Crippen molar-refractivity contribution in [1.29, 1.82) is 0 Å². The molecule has 0 saturated heterocycles. The molecule has 68 valence electrons. The van der Waals surface area contributed by atoms with Crippen LogP contribution < -0.4 is 5.73 Å². The Hall–Kier alpha value is 0.440. The smallest absolute Gasteiger partial charge is 0.0745 e. The molecule has 0 spiro atoms. The van der Waals surface area contributed by atoms with Gasteiger partial charge in [-0.2, -0.15) is 0 Å². The monoisotopic (exact) mass is 221 g/mol. The van der Waals surface area contributed by atoms with E-state index in [0.29, 0.717) is 0 Å². The van der Waals surface area contributed by atoms with E-state index in [4.69, 9.17) is 5.73 Å². The molecule has 0 bridgehead atoms. The van der Waals surface area contributed by atoms with E-state index >= 15 is 0 Å². The number of rotatable bonds is 4. The van der Waals surface area contributed by atoms with Crippen molar-refractivity contribution in [3.63, 3.8) is 0 Å². The Labute approximate surface area is 78.9 Å². The van der Waals surface area contributed by atoms with Crippen molar-refractivity contribution in [3.05, 3.63) is 0 Å². The molecule has 1 unspecified atom stereocenters. The SMILES string of the molecule is CCC(CC)(CC)C(C)(N)Br. The van der Waals surface area contributed by atoms with Gasteiger partial charge < -0.3 is 5.73 Å². The molecule has 0 aromatic carbocycles. The van der Waals surface area contributed by atoms with Crippen LogP contribution in [-0.2, 0) is 0 Å². The van der Waals surface area contributed by atoms with Crippen LogP contribution >= 0.6 is 15.9 Å². The molecule has 2 heteroatoms. The van der Waals surface area contributed by atoms with E-state index in [9.17, 15) is 0 Å². The van der Waals surface area contributed by atoms with Crippen LogP contribution in [0.4, 0.5) is 0 Å². The topological polar surface area (TPSA) is 26.0 Å². The summed E-state index contributed by atoms with van der Waals surface area (Å²) in [5.74, 6) is 0. The lowest BCUT2D eigenvalue weighted by atomic mass is 9.74. The number of hydrogen-bond donors (Lipinski definition) is 1. The largest absolute Gasteiger partial charge is 0.316 e. The molecule has 0 aliphatic rings. The summed E-state index contributed by atoms with van der Waals surface area (Å²) in [5.41, 5.74) is 6.32. The predicted molar refractivity (Wildman–Crippen MR) is 54.8 cm³/mol. The third kappa shape index (κ3) is 2.19. The van der Waals surface area contributed by atoms with Crippen LogP contribution in [0, 0.1) is 5.41 Å². The molecule has 1 atom stereocenters. The Balaban J connectivity index is 4.54. The van der Waals surface area contributed by atoms with Crippen LogP contribution in [0.15, 0.2) is 0 Å². The second-order valence-corrected chi connectivity index (χ2v) is 5.06. The average Bonchev–Trinajstić information content (AvgIpc) is 1.90. The van der Waals surface area contributed by atoms with E-state index in [2.05, 4.69) is 43.6 Å². The first-order valence-electron chi connectivity index (χ1n) is 4.41. The maximum Gasteiger partial charge on any atom is 0.0745 e. The Morgan fingerprint density at radius 3 is 1.36 bits per heavy atom. The molecular weight excluding hydrogens is 202 g/mol. The van der Waals surface area contributed by atoms with Gasteiger partial charge in [0.25, 0.3) is 0 Å². The summed E-state index contributed by atoms with van der Waals surface area (Å²) in [6.45, 7) is 8.68. The lowest BCUT2D eigenvalue weighted by molar-refractivity contribution is 0.186. The lowest BCUT2D eigenvalue weighted by Crippen LogP contribution is -2.47. The van der Waals surface area contributed by atoms with Gasteiger partial charge in [-0.1, -0.05) is 36.7 Å². The van der Waals surface area contributed by atoms with E-state index in [1.54, 1.807) is 0 Å². The highest BCUT2D eigenvalue weighted by atomic mass is 79.9. The van der Waals surface area contributed by atoms with E-state index in [1.165, 1.54) is 0 Å². The predicted octanol–water partition coefficient (Wildman–Crippen LogP) is 3.27. The van der Waals surface area contributed by atoms with Gasteiger partial charge in [0.2, 0.25) is 0 Å². The molecule has 1 nitrogen and oxygen atoms in total. The van der Waals surface area contributed by atoms with E-state index < -0.39 is 0 Å². The molecule has 0 amide bonds. The Morgan fingerprint density at radius 1 is 1.09 bits per heavy atom. The maximum atomic E-state index is 6.06. The van der Waals surface area contributed by atoms with Gasteiger partial charge in [-0.05, 0) is 31.6 Å². The first kappa shape index (κ1) is 11.4. The molecule has 0 radical (unpaired) electrons. The van der Waals surface area contributed by atoms with Crippen molar-refractivity contribution in [2.24, 2.45) is 11.1 Å². The van der Waals surface area contributed by atoms with E-state index in [1.807, 2.05) is 0 Å². The molecule has 0 rings (SSSR count). The van der Waals surface area contributed by atoms with Crippen LogP contribution in [0.25, 0.3) is 0 Å². The van der Waals surface area contributed by atoms with E-state index in [-0.39, 0.29) is 9.86 Å². The van der Waals surface area contributed by atoms with Crippen LogP contribution in [0.2, 0.25) is 0 Å². The molecule has 0 aromatic heterocycles. The molecule has 0 aliphatic heterocycles. The summed E-state index contributed by atoms with van der Waals surface area (Å²) < 4.78 is -0.224. The molecule has 0 fully saturated rings. The van der Waals surface area contributed by atoms with Gasteiger partial charge in [-0.3, -0.25) is 0 Å². The minimum Gasteiger partial charge on any atom is -0.316 e. The van der Waals surface area contributed by atoms with Gasteiger partial charge in [-0.25, -0.2) is 0 Å². The van der Waals surface area contributed by atoms with Crippen LogP contribution in [0.5, 0.6) is 0 Å².